The van der Waals surface area contributed by atoms with E-state index in [1.165, 1.54) is 16.2 Å². The van der Waals surface area contributed by atoms with E-state index >= 15 is 0 Å². The first kappa shape index (κ1) is 18.9. The second-order valence-electron chi connectivity index (χ2n) is 7.03. The lowest BCUT2D eigenvalue weighted by Gasteiger charge is -2.36. The van der Waals surface area contributed by atoms with Crippen LogP contribution in [-0.4, -0.2) is 66.1 Å². The Morgan fingerprint density at radius 3 is 2.32 bits per heavy atom. The third kappa shape index (κ3) is 3.37. The van der Waals surface area contributed by atoms with Crippen molar-refractivity contribution in [2.45, 2.75) is 6.92 Å². The van der Waals surface area contributed by atoms with Crippen LogP contribution in [0.3, 0.4) is 0 Å². The maximum Gasteiger partial charge on any atom is 0.282 e. The summed E-state index contributed by atoms with van der Waals surface area (Å²) in [6.07, 6.45) is 0. The van der Waals surface area contributed by atoms with Crippen LogP contribution in [0.1, 0.15) is 10.4 Å². The smallest absolute Gasteiger partial charge is 0.282 e. The lowest BCUT2D eigenvalue weighted by Crippen LogP contribution is -2.48. The van der Waals surface area contributed by atoms with Crippen LogP contribution >= 0.6 is 11.3 Å². The third-order valence-corrected chi connectivity index (χ3v) is 6.11. The molecule has 146 valence electrons. The minimum absolute atomic E-state index is 0.127. The summed E-state index contributed by atoms with van der Waals surface area (Å²) in [5, 5.41) is 11.1. The van der Waals surface area contributed by atoms with E-state index in [2.05, 4.69) is 4.90 Å². The lowest BCUT2D eigenvalue weighted by atomic mass is 10.1. The van der Waals surface area contributed by atoms with Crippen LogP contribution < -0.4 is 4.90 Å². The molecule has 0 radical (unpaired) electrons. The molecule has 2 aromatic rings. The van der Waals surface area contributed by atoms with Gasteiger partial charge in [0.2, 0.25) is 0 Å². The molecule has 0 spiro atoms. The van der Waals surface area contributed by atoms with Crippen LogP contribution in [0, 0.1) is 6.92 Å². The van der Waals surface area contributed by atoms with E-state index in [9.17, 15) is 9.59 Å². The van der Waals surface area contributed by atoms with E-state index in [4.69, 9.17) is 5.11 Å². The van der Waals surface area contributed by atoms with Gasteiger partial charge >= 0.3 is 0 Å². The molecular weight excluding hydrogens is 374 g/mol. The van der Waals surface area contributed by atoms with E-state index in [-0.39, 0.29) is 18.4 Å². The summed E-state index contributed by atoms with van der Waals surface area (Å²) in [5.41, 5.74) is 2.67. The normalized spacial score (nSPS) is 18.5. The molecule has 0 bridgehead atoms. The Kier molecular flexibility index (Phi) is 5.30. The van der Waals surface area contributed by atoms with Crippen molar-refractivity contribution in [2.24, 2.45) is 0 Å². The number of amides is 2. The molecule has 6 nitrogen and oxygen atoms in total. The van der Waals surface area contributed by atoms with Crippen molar-refractivity contribution in [2.75, 3.05) is 44.2 Å². The maximum atomic E-state index is 13.4. The predicted octanol–water partition coefficient (Wildman–Crippen LogP) is 1.95. The van der Waals surface area contributed by atoms with Gasteiger partial charge in [-0.25, -0.2) is 4.90 Å². The summed E-state index contributed by atoms with van der Waals surface area (Å²) in [6, 6.07) is 11.2. The molecule has 0 atom stereocenters. The number of aliphatic hydroxyl groups excluding tert-OH is 1. The molecule has 2 aliphatic rings. The number of benzene rings is 1. The molecule has 0 aliphatic carbocycles. The van der Waals surface area contributed by atoms with Gasteiger partial charge in [0.05, 0.1) is 17.9 Å². The zero-order valence-corrected chi connectivity index (χ0v) is 16.6. The number of β-amino-alcohol motifs (C(OH)–C–C–N with tert-alkyl or cyclic N) is 1. The van der Waals surface area contributed by atoms with E-state index < -0.39 is 0 Å². The number of nitrogens with zero attached hydrogens (tertiary/aromatic N) is 3. The van der Waals surface area contributed by atoms with Gasteiger partial charge in [0.15, 0.2) is 0 Å². The van der Waals surface area contributed by atoms with Crippen LogP contribution in [0.4, 0.5) is 5.69 Å². The molecule has 0 unspecified atom stereocenters. The highest BCUT2D eigenvalue weighted by Gasteiger charge is 2.43. The van der Waals surface area contributed by atoms with Crippen LogP contribution in [0.2, 0.25) is 0 Å². The monoisotopic (exact) mass is 397 g/mol. The highest BCUT2D eigenvalue weighted by Crippen LogP contribution is 2.36. The molecule has 1 saturated heterocycles. The Labute approximate surface area is 168 Å². The number of carbonyl (C=O) groups excluding carboxylic acids is 2. The van der Waals surface area contributed by atoms with Gasteiger partial charge in [-0.1, -0.05) is 23.8 Å². The average molecular weight is 398 g/mol. The first-order valence-corrected chi connectivity index (χ1v) is 10.3. The largest absolute Gasteiger partial charge is 0.395 e. The van der Waals surface area contributed by atoms with Gasteiger partial charge < -0.3 is 10.0 Å². The number of rotatable bonds is 5. The van der Waals surface area contributed by atoms with E-state index in [0.29, 0.717) is 36.6 Å². The number of aliphatic hydroxyl groups is 1. The molecule has 1 aromatic heterocycles. The van der Waals surface area contributed by atoms with Gasteiger partial charge in [-0.15, -0.1) is 11.3 Å². The minimum atomic E-state index is -0.260. The Hall–Kier alpha value is -2.48. The third-order valence-electron chi connectivity index (χ3n) is 5.22. The van der Waals surface area contributed by atoms with Crippen molar-refractivity contribution >= 4 is 34.4 Å². The first-order valence-electron chi connectivity index (χ1n) is 9.42. The highest BCUT2D eigenvalue weighted by molar-refractivity contribution is 7.11. The van der Waals surface area contributed by atoms with Crippen molar-refractivity contribution in [1.82, 2.24) is 9.80 Å². The molecule has 1 aromatic carbocycles. The maximum absolute atomic E-state index is 13.4. The quantitative estimate of drug-likeness (QED) is 0.782. The number of hydrogen-bond donors (Lipinski definition) is 1. The van der Waals surface area contributed by atoms with E-state index in [1.807, 2.05) is 53.6 Å². The van der Waals surface area contributed by atoms with Crippen LogP contribution in [0.5, 0.6) is 0 Å². The molecule has 2 aliphatic heterocycles. The van der Waals surface area contributed by atoms with Crippen molar-refractivity contribution in [3.63, 3.8) is 0 Å². The summed E-state index contributed by atoms with van der Waals surface area (Å²) >= 11 is 1.47. The Morgan fingerprint density at radius 1 is 1.00 bits per heavy atom. The standard InChI is InChI=1S/C21H23N3O3S/c1-15-4-6-16(7-5-15)24-20(26)18(17-3-2-14-28-17)19(21(24)27)23-10-8-22(9-11-23)12-13-25/h2-7,14,25H,8-13H2,1H3. The summed E-state index contributed by atoms with van der Waals surface area (Å²) in [4.78, 5) is 33.0. The lowest BCUT2D eigenvalue weighted by molar-refractivity contribution is -0.120. The molecule has 4 rings (SSSR count). The summed E-state index contributed by atoms with van der Waals surface area (Å²) < 4.78 is 0. The van der Waals surface area contributed by atoms with E-state index in [0.717, 1.165) is 23.5 Å². The number of piperazine rings is 1. The summed E-state index contributed by atoms with van der Waals surface area (Å²) in [7, 11) is 0. The van der Waals surface area contributed by atoms with Crippen molar-refractivity contribution in [3.05, 3.63) is 57.9 Å². The average Bonchev–Trinajstić information content (AvgIpc) is 3.30. The van der Waals surface area contributed by atoms with Gasteiger partial charge in [0, 0.05) is 37.6 Å². The number of carbonyl (C=O) groups is 2. The number of imide groups is 1. The number of anilines is 1. The molecule has 2 amide bonds. The zero-order valence-electron chi connectivity index (χ0n) is 15.8. The van der Waals surface area contributed by atoms with Gasteiger partial charge in [-0.05, 0) is 30.5 Å². The fraction of sp³-hybridized carbons (Fsp3) is 0.333. The Balaban J connectivity index is 1.69. The Bertz CT molecular complexity index is 897. The molecule has 28 heavy (non-hydrogen) atoms. The van der Waals surface area contributed by atoms with Gasteiger partial charge in [-0.2, -0.15) is 0 Å². The Morgan fingerprint density at radius 2 is 1.71 bits per heavy atom. The van der Waals surface area contributed by atoms with Crippen molar-refractivity contribution in [1.29, 1.82) is 0 Å². The second-order valence-corrected chi connectivity index (χ2v) is 7.98. The predicted molar refractivity (Wildman–Crippen MR) is 110 cm³/mol. The van der Waals surface area contributed by atoms with Crippen LogP contribution in [0.15, 0.2) is 47.5 Å². The summed E-state index contributed by atoms with van der Waals surface area (Å²) in [6.45, 7) is 5.57. The summed E-state index contributed by atoms with van der Waals surface area (Å²) in [5.74, 6) is -0.517. The number of aryl methyl sites for hydroxylation is 1. The SMILES string of the molecule is Cc1ccc(N2C(=O)C(c3cccs3)=C(N3CCN(CCO)CC3)C2=O)cc1. The van der Waals surface area contributed by atoms with Crippen molar-refractivity contribution in [3.8, 4) is 0 Å². The fourth-order valence-corrected chi connectivity index (χ4v) is 4.48. The first-order chi connectivity index (χ1) is 13.6. The number of thiophene rings is 1. The second kappa shape index (κ2) is 7.87. The highest BCUT2D eigenvalue weighted by atomic mass is 32.1. The fourth-order valence-electron chi connectivity index (χ4n) is 3.72. The van der Waals surface area contributed by atoms with Gasteiger partial charge in [-0.3, -0.25) is 14.5 Å². The molecule has 7 heteroatoms. The van der Waals surface area contributed by atoms with Crippen LogP contribution in [0.25, 0.3) is 5.57 Å². The zero-order chi connectivity index (χ0) is 19.7. The molecule has 0 saturated carbocycles. The molecule has 1 fully saturated rings. The van der Waals surface area contributed by atoms with Crippen molar-refractivity contribution < 1.29 is 14.7 Å². The molecule has 1 N–H and O–H groups in total. The van der Waals surface area contributed by atoms with Gasteiger partial charge in [0.25, 0.3) is 11.8 Å². The van der Waals surface area contributed by atoms with Gasteiger partial charge in [0.1, 0.15) is 5.70 Å². The van der Waals surface area contributed by atoms with E-state index in [1.54, 1.807) is 0 Å². The molecular formula is C21H23N3O3S. The number of hydrogen-bond acceptors (Lipinski definition) is 6. The minimum Gasteiger partial charge on any atom is -0.395 e. The topological polar surface area (TPSA) is 64.1 Å². The van der Waals surface area contributed by atoms with Crippen LogP contribution in [-0.2, 0) is 9.59 Å². The molecule has 3 heterocycles.